The minimum absolute atomic E-state index is 0.464. The second kappa shape index (κ2) is 5.59. The summed E-state index contributed by atoms with van der Waals surface area (Å²) in [5.74, 6) is 1.45. The van der Waals surface area contributed by atoms with E-state index in [4.69, 9.17) is 4.74 Å². The van der Waals surface area contributed by atoms with E-state index in [0.29, 0.717) is 12.4 Å². The van der Waals surface area contributed by atoms with Gasteiger partial charge in [-0.3, -0.25) is 4.68 Å². The summed E-state index contributed by atoms with van der Waals surface area (Å²) < 4.78 is 6.87. The number of aromatic nitrogens is 4. The van der Waals surface area contributed by atoms with Crippen LogP contribution in [0.25, 0.3) is 11.5 Å². The van der Waals surface area contributed by atoms with Crippen molar-refractivity contribution >= 4 is 5.82 Å². The van der Waals surface area contributed by atoms with Gasteiger partial charge in [0.05, 0.1) is 12.3 Å². The molecular weight excluding hydrogens is 230 g/mol. The summed E-state index contributed by atoms with van der Waals surface area (Å²) in [6.45, 7) is 3.31. The molecule has 2 heterocycles. The van der Waals surface area contributed by atoms with E-state index in [9.17, 15) is 0 Å². The normalized spacial score (nSPS) is 10.6. The smallest absolute Gasteiger partial charge is 0.180 e. The summed E-state index contributed by atoms with van der Waals surface area (Å²) in [4.78, 5) is 8.94. The fourth-order valence-corrected chi connectivity index (χ4v) is 1.70. The van der Waals surface area contributed by atoms with Crippen molar-refractivity contribution in [1.29, 1.82) is 0 Å². The van der Waals surface area contributed by atoms with Crippen molar-refractivity contribution in [2.45, 2.75) is 13.5 Å². The second-order valence-electron chi connectivity index (χ2n) is 3.87. The SMILES string of the molecule is CCNc1cc(COC)nc(-c2ccnn2C)n1. The van der Waals surface area contributed by atoms with Gasteiger partial charge in [-0.2, -0.15) is 5.10 Å². The summed E-state index contributed by atoms with van der Waals surface area (Å²) in [6, 6.07) is 3.79. The zero-order chi connectivity index (χ0) is 13.0. The molecule has 6 heteroatoms. The van der Waals surface area contributed by atoms with E-state index in [1.54, 1.807) is 18.0 Å². The van der Waals surface area contributed by atoms with Crippen LogP contribution in [0, 0.1) is 0 Å². The quantitative estimate of drug-likeness (QED) is 0.866. The summed E-state index contributed by atoms with van der Waals surface area (Å²) in [5, 5.41) is 7.32. The predicted octanol–water partition coefficient (Wildman–Crippen LogP) is 1.46. The lowest BCUT2D eigenvalue weighted by Crippen LogP contribution is -2.06. The molecule has 0 fully saturated rings. The molecule has 0 saturated carbocycles. The Labute approximate surface area is 106 Å². The first-order chi connectivity index (χ1) is 8.74. The molecule has 0 unspecified atom stereocenters. The van der Waals surface area contributed by atoms with E-state index in [1.165, 1.54) is 0 Å². The van der Waals surface area contributed by atoms with Gasteiger partial charge in [0.25, 0.3) is 0 Å². The fourth-order valence-electron chi connectivity index (χ4n) is 1.70. The Bertz CT molecular complexity index is 499. The van der Waals surface area contributed by atoms with Crippen molar-refractivity contribution < 1.29 is 4.74 Å². The van der Waals surface area contributed by atoms with Crippen molar-refractivity contribution in [2.75, 3.05) is 19.0 Å². The molecule has 0 bridgehead atoms. The van der Waals surface area contributed by atoms with E-state index < -0.39 is 0 Å². The van der Waals surface area contributed by atoms with Crippen LogP contribution in [0.4, 0.5) is 5.82 Å². The number of rotatable bonds is 5. The summed E-state index contributed by atoms with van der Waals surface area (Å²) in [5.41, 5.74) is 1.73. The van der Waals surface area contributed by atoms with Crippen LogP contribution in [0.1, 0.15) is 12.6 Å². The van der Waals surface area contributed by atoms with Crippen LogP contribution in [0.3, 0.4) is 0 Å². The molecule has 0 aromatic carbocycles. The molecule has 1 N–H and O–H groups in total. The first kappa shape index (κ1) is 12.5. The van der Waals surface area contributed by atoms with Gasteiger partial charge in [-0.05, 0) is 13.0 Å². The van der Waals surface area contributed by atoms with Gasteiger partial charge in [0.2, 0.25) is 0 Å². The van der Waals surface area contributed by atoms with Crippen LogP contribution in [0.15, 0.2) is 18.3 Å². The van der Waals surface area contributed by atoms with Gasteiger partial charge in [0, 0.05) is 33.0 Å². The Balaban J connectivity index is 2.42. The van der Waals surface area contributed by atoms with Gasteiger partial charge in [-0.1, -0.05) is 0 Å². The van der Waals surface area contributed by atoms with Gasteiger partial charge in [-0.25, -0.2) is 9.97 Å². The Morgan fingerprint density at radius 2 is 2.22 bits per heavy atom. The highest BCUT2D eigenvalue weighted by Gasteiger charge is 2.09. The number of nitrogens with one attached hydrogen (secondary N) is 1. The number of ether oxygens (including phenoxy) is 1. The minimum atomic E-state index is 0.464. The molecular formula is C12H17N5O. The van der Waals surface area contributed by atoms with Crippen molar-refractivity contribution in [1.82, 2.24) is 19.7 Å². The first-order valence-corrected chi connectivity index (χ1v) is 5.83. The summed E-state index contributed by atoms with van der Waals surface area (Å²) in [7, 11) is 3.52. The molecule has 0 radical (unpaired) electrons. The third-order valence-electron chi connectivity index (χ3n) is 2.48. The maximum Gasteiger partial charge on any atom is 0.180 e. The molecule has 96 valence electrons. The molecule has 2 aromatic rings. The van der Waals surface area contributed by atoms with Crippen LogP contribution >= 0.6 is 0 Å². The first-order valence-electron chi connectivity index (χ1n) is 5.83. The molecule has 6 nitrogen and oxygen atoms in total. The van der Waals surface area contributed by atoms with Crippen LogP contribution in [0.5, 0.6) is 0 Å². The van der Waals surface area contributed by atoms with E-state index in [2.05, 4.69) is 20.4 Å². The molecule has 0 saturated heterocycles. The average molecular weight is 247 g/mol. The topological polar surface area (TPSA) is 64.9 Å². The number of nitrogens with zero attached hydrogens (tertiary/aromatic N) is 4. The molecule has 0 amide bonds. The van der Waals surface area contributed by atoms with Crippen LogP contribution in [0.2, 0.25) is 0 Å². The monoisotopic (exact) mass is 247 g/mol. The van der Waals surface area contributed by atoms with Crippen molar-refractivity contribution in [3.8, 4) is 11.5 Å². The van der Waals surface area contributed by atoms with E-state index in [-0.39, 0.29) is 0 Å². The third kappa shape index (κ3) is 2.65. The Morgan fingerprint density at radius 1 is 1.39 bits per heavy atom. The molecule has 0 spiro atoms. The lowest BCUT2D eigenvalue weighted by Gasteiger charge is -2.08. The summed E-state index contributed by atoms with van der Waals surface area (Å²) in [6.07, 6.45) is 1.73. The van der Waals surface area contributed by atoms with E-state index in [0.717, 1.165) is 23.8 Å². The standard InChI is InChI=1S/C12H17N5O/c1-4-13-11-7-9(8-18-3)15-12(16-11)10-5-6-14-17(10)2/h5-7H,4,8H2,1-3H3,(H,13,15,16). The van der Waals surface area contributed by atoms with Crippen molar-refractivity contribution in [3.05, 3.63) is 24.0 Å². The summed E-state index contributed by atoms with van der Waals surface area (Å²) >= 11 is 0. The number of hydrogen-bond donors (Lipinski definition) is 1. The van der Waals surface area contributed by atoms with E-state index in [1.807, 2.05) is 26.1 Å². The van der Waals surface area contributed by atoms with Crippen molar-refractivity contribution in [3.63, 3.8) is 0 Å². The molecule has 18 heavy (non-hydrogen) atoms. The Morgan fingerprint density at radius 3 is 2.83 bits per heavy atom. The molecule has 0 aliphatic carbocycles. The zero-order valence-corrected chi connectivity index (χ0v) is 10.8. The van der Waals surface area contributed by atoms with Crippen LogP contribution < -0.4 is 5.32 Å². The molecule has 0 atom stereocenters. The van der Waals surface area contributed by atoms with Gasteiger partial charge in [0.1, 0.15) is 11.5 Å². The van der Waals surface area contributed by atoms with Gasteiger partial charge in [-0.15, -0.1) is 0 Å². The number of anilines is 1. The average Bonchev–Trinajstić information content (AvgIpc) is 2.76. The fraction of sp³-hybridized carbons (Fsp3) is 0.417. The molecule has 2 aromatic heterocycles. The predicted molar refractivity (Wildman–Crippen MR) is 69.1 cm³/mol. The van der Waals surface area contributed by atoms with E-state index >= 15 is 0 Å². The maximum atomic E-state index is 5.12. The lowest BCUT2D eigenvalue weighted by atomic mass is 10.3. The number of aryl methyl sites for hydroxylation is 1. The second-order valence-corrected chi connectivity index (χ2v) is 3.87. The van der Waals surface area contributed by atoms with Crippen LogP contribution in [-0.4, -0.2) is 33.4 Å². The largest absolute Gasteiger partial charge is 0.378 e. The van der Waals surface area contributed by atoms with Crippen molar-refractivity contribution in [2.24, 2.45) is 7.05 Å². The zero-order valence-electron chi connectivity index (χ0n) is 10.8. The Kier molecular flexibility index (Phi) is 3.88. The molecule has 0 aliphatic rings. The maximum absolute atomic E-state index is 5.12. The van der Waals surface area contributed by atoms with Gasteiger partial charge >= 0.3 is 0 Å². The number of hydrogen-bond acceptors (Lipinski definition) is 5. The van der Waals surface area contributed by atoms with Gasteiger partial charge in [0.15, 0.2) is 5.82 Å². The highest BCUT2D eigenvalue weighted by atomic mass is 16.5. The third-order valence-corrected chi connectivity index (χ3v) is 2.48. The molecule has 0 aliphatic heterocycles. The molecule has 2 rings (SSSR count). The number of methoxy groups -OCH3 is 1. The highest BCUT2D eigenvalue weighted by Crippen LogP contribution is 2.17. The lowest BCUT2D eigenvalue weighted by molar-refractivity contribution is 0.181. The van der Waals surface area contributed by atoms with Gasteiger partial charge < -0.3 is 10.1 Å². The highest BCUT2D eigenvalue weighted by molar-refractivity contribution is 5.53. The Hall–Kier alpha value is -1.95. The minimum Gasteiger partial charge on any atom is -0.378 e. The van der Waals surface area contributed by atoms with Crippen LogP contribution in [-0.2, 0) is 18.4 Å².